The lowest BCUT2D eigenvalue weighted by Crippen LogP contribution is -2.52. The topological polar surface area (TPSA) is 85.8 Å². The molecule has 3 rings (SSSR count). The van der Waals surface area contributed by atoms with Gasteiger partial charge in [-0.3, -0.25) is 4.79 Å². The van der Waals surface area contributed by atoms with Crippen LogP contribution < -0.4 is 11.1 Å². The first-order chi connectivity index (χ1) is 10.6. The molecule has 23 heavy (non-hydrogen) atoms. The molecule has 1 fully saturated rings. The van der Waals surface area contributed by atoms with Crippen molar-refractivity contribution in [1.29, 1.82) is 0 Å². The van der Waals surface area contributed by atoms with Gasteiger partial charge in [-0.1, -0.05) is 25.0 Å². The summed E-state index contributed by atoms with van der Waals surface area (Å²) in [5, 5.41) is 7.12. The fourth-order valence-electron chi connectivity index (χ4n) is 2.91. The highest BCUT2D eigenvalue weighted by atomic mass is 35.5. The maximum absolute atomic E-state index is 12.3. The highest BCUT2D eigenvalue weighted by molar-refractivity contribution is 5.86. The molecular formula is C16H22ClN5O. The van der Waals surface area contributed by atoms with Crippen molar-refractivity contribution in [2.45, 2.75) is 44.2 Å². The molecule has 1 aliphatic carbocycles. The second kappa shape index (κ2) is 7.10. The minimum atomic E-state index is -0.686. The van der Waals surface area contributed by atoms with Gasteiger partial charge in [0.15, 0.2) is 0 Å². The fourth-order valence-corrected chi connectivity index (χ4v) is 2.91. The molecule has 1 amide bonds. The average molecular weight is 336 g/mol. The summed E-state index contributed by atoms with van der Waals surface area (Å²) in [6.07, 6.45) is 6.76. The Morgan fingerprint density at radius 2 is 1.96 bits per heavy atom. The number of hydrogen-bond donors (Lipinski definition) is 2. The van der Waals surface area contributed by atoms with Crippen LogP contribution in [0.15, 0.2) is 36.9 Å². The van der Waals surface area contributed by atoms with Gasteiger partial charge in [0.2, 0.25) is 5.91 Å². The minimum absolute atomic E-state index is 0. The van der Waals surface area contributed by atoms with Crippen LogP contribution in [0, 0.1) is 0 Å². The zero-order valence-electron chi connectivity index (χ0n) is 13.1. The van der Waals surface area contributed by atoms with E-state index < -0.39 is 5.54 Å². The molecular weight excluding hydrogens is 314 g/mol. The van der Waals surface area contributed by atoms with E-state index in [4.69, 9.17) is 5.73 Å². The van der Waals surface area contributed by atoms with Crippen molar-refractivity contribution in [1.82, 2.24) is 20.1 Å². The monoisotopic (exact) mass is 335 g/mol. The molecule has 1 unspecified atom stereocenters. The van der Waals surface area contributed by atoms with Crippen LogP contribution in [0.25, 0.3) is 5.69 Å². The molecule has 6 nitrogen and oxygen atoms in total. The van der Waals surface area contributed by atoms with Crippen molar-refractivity contribution in [3.8, 4) is 5.69 Å². The Morgan fingerprint density at radius 3 is 2.52 bits per heavy atom. The van der Waals surface area contributed by atoms with Crippen molar-refractivity contribution in [3.63, 3.8) is 0 Å². The van der Waals surface area contributed by atoms with Gasteiger partial charge >= 0.3 is 0 Å². The smallest absolute Gasteiger partial charge is 0.240 e. The van der Waals surface area contributed by atoms with Gasteiger partial charge in [-0.05, 0) is 37.5 Å². The number of amides is 1. The molecule has 1 aliphatic rings. The van der Waals surface area contributed by atoms with E-state index in [1.807, 2.05) is 31.2 Å². The number of nitrogens with two attached hydrogens (primary N) is 1. The van der Waals surface area contributed by atoms with Gasteiger partial charge in [0.05, 0.1) is 17.3 Å². The van der Waals surface area contributed by atoms with Gasteiger partial charge in [0.25, 0.3) is 0 Å². The maximum atomic E-state index is 12.3. The minimum Gasteiger partial charge on any atom is -0.348 e. The SMILES string of the molecule is CC(NC(=O)C1(N)CCCC1)c1ccc(-n2cncn2)cc1.Cl. The van der Waals surface area contributed by atoms with Crippen molar-refractivity contribution in [3.05, 3.63) is 42.5 Å². The summed E-state index contributed by atoms with van der Waals surface area (Å²) in [6, 6.07) is 7.82. The van der Waals surface area contributed by atoms with E-state index in [2.05, 4.69) is 15.4 Å². The van der Waals surface area contributed by atoms with Crippen molar-refractivity contribution in [2.24, 2.45) is 5.73 Å². The highest BCUT2D eigenvalue weighted by Crippen LogP contribution is 2.28. The summed E-state index contributed by atoms with van der Waals surface area (Å²) in [4.78, 5) is 16.3. The molecule has 124 valence electrons. The fraction of sp³-hybridized carbons (Fsp3) is 0.438. The maximum Gasteiger partial charge on any atom is 0.240 e. The zero-order chi connectivity index (χ0) is 15.6. The Labute approximate surface area is 141 Å². The van der Waals surface area contributed by atoms with Crippen LogP contribution in [0.3, 0.4) is 0 Å². The van der Waals surface area contributed by atoms with Crippen molar-refractivity contribution in [2.75, 3.05) is 0 Å². The molecule has 1 heterocycles. The van der Waals surface area contributed by atoms with Crippen LogP contribution in [0.5, 0.6) is 0 Å². The number of benzene rings is 1. The third-order valence-corrected chi connectivity index (χ3v) is 4.37. The van der Waals surface area contributed by atoms with Crippen LogP contribution in [-0.4, -0.2) is 26.2 Å². The predicted octanol–water partition coefficient (Wildman–Crippen LogP) is 2.14. The van der Waals surface area contributed by atoms with Gasteiger partial charge in [-0.15, -0.1) is 12.4 Å². The molecule has 1 aromatic heterocycles. The summed E-state index contributed by atoms with van der Waals surface area (Å²) in [7, 11) is 0. The number of hydrogen-bond acceptors (Lipinski definition) is 4. The van der Waals surface area contributed by atoms with Crippen molar-refractivity contribution >= 4 is 18.3 Å². The molecule has 0 spiro atoms. The molecule has 1 aromatic carbocycles. The van der Waals surface area contributed by atoms with E-state index in [-0.39, 0.29) is 24.4 Å². The normalized spacial score (nSPS) is 17.3. The zero-order valence-corrected chi connectivity index (χ0v) is 13.9. The van der Waals surface area contributed by atoms with Crippen LogP contribution >= 0.6 is 12.4 Å². The number of nitrogens with zero attached hydrogens (tertiary/aromatic N) is 3. The van der Waals surface area contributed by atoms with Gasteiger partial charge in [-0.2, -0.15) is 5.10 Å². The molecule has 3 N–H and O–H groups in total. The lowest BCUT2D eigenvalue weighted by atomic mass is 9.97. The predicted molar refractivity (Wildman–Crippen MR) is 90.6 cm³/mol. The second-order valence-corrected chi connectivity index (χ2v) is 5.99. The van der Waals surface area contributed by atoms with Gasteiger partial charge in [0, 0.05) is 0 Å². The molecule has 7 heteroatoms. The number of carbonyl (C=O) groups excluding carboxylic acids is 1. The quantitative estimate of drug-likeness (QED) is 0.896. The van der Waals surface area contributed by atoms with Crippen LogP contribution in [0.2, 0.25) is 0 Å². The Balaban J connectivity index is 0.00000192. The van der Waals surface area contributed by atoms with Crippen LogP contribution in [-0.2, 0) is 4.79 Å². The Bertz CT molecular complexity index is 635. The average Bonchev–Trinajstić information content (AvgIpc) is 3.19. The highest BCUT2D eigenvalue weighted by Gasteiger charge is 2.37. The van der Waals surface area contributed by atoms with E-state index in [1.165, 1.54) is 6.33 Å². The van der Waals surface area contributed by atoms with Gasteiger partial charge < -0.3 is 11.1 Å². The first kappa shape index (κ1) is 17.4. The third-order valence-electron chi connectivity index (χ3n) is 4.37. The number of rotatable bonds is 4. The molecule has 2 aromatic rings. The van der Waals surface area contributed by atoms with Crippen LogP contribution in [0.1, 0.15) is 44.2 Å². The molecule has 1 atom stereocenters. The van der Waals surface area contributed by atoms with E-state index in [9.17, 15) is 4.79 Å². The van der Waals surface area contributed by atoms with Crippen molar-refractivity contribution < 1.29 is 4.79 Å². The Hall–Kier alpha value is -1.92. The lowest BCUT2D eigenvalue weighted by molar-refractivity contribution is -0.126. The first-order valence-corrected chi connectivity index (χ1v) is 7.63. The standard InChI is InChI=1S/C16H21N5O.ClH/c1-12(20-15(22)16(17)8-2-3-9-16)13-4-6-14(7-5-13)21-11-18-10-19-21;/h4-7,10-12H,2-3,8-9,17H2,1H3,(H,20,22);1H. The summed E-state index contributed by atoms with van der Waals surface area (Å²) in [5.74, 6) is -0.0437. The number of nitrogens with one attached hydrogen (secondary N) is 1. The molecule has 0 radical (unpaired) electrons. The van der Waals surface area contributed by atoms with E-state index in [1.54, 1.807) is 11.0 Å². The number of carbonyl (C=O) groups is 1. The second-order valence-electron chi connectivity index (χ2n) is 5.99. The largest absolute Gasteiger partial charge is 0.348 e. The Morgan fingerprint density at radius 1 is 1.30 bits per heavy atom. The summed E-state index contributed by atoms with van der Waals surface area (Å²) >= 11 is 0. The summed E-state index contributed by atoms with van der Waals surface area (Å²) in [5.41, 5.74) is 7.48. The number of halogens is 1. The lowest BCUT2D eigenvalue weighted by Gasteiger charge is -2.25. The summed E-state index contributed by atoms with van der Waals surface area (Å²) in [6.45, 7) is 1.97. The molecule has 0 aliphatic heterocycles. The first-order valence-electron chi connectivity index (χ1n) is 7.63. The molecule has 1 saturated carbocycles. The molecule has 0 saturated heterocycles. The van der Waals surface area contributed by atoms with Gasteiger partial charge in [0.1, 0.15) is 12.7 Å². The van der Waals surface area contributed by atoms with E-state index >= 15 is 0 Å². The third kappa shape index (κ3) is 3.71. The summed E-state index contributed by atoms with van der Waals surface area (Å²) < 4.78 is 1.69. The van der Waals surface area contributed by atoms with E-state index in [0.29, 0.717) is 0 Å². The Kier molecular flexibility index (Phi) is 5.38. The van der Waals surface area contributed by atoms with Crippen LogP contribution in [0.4, 0.5) is 0 Å². The van der Waals surface area contributed by atoms with Gasteiger partial charge in [-0.25, -0.2) is 9.67 Å². The molecule has 0 bridgehead atoms. The number of aromatic nitrogens is 3. The van der Waals surface area contributed by atoms with E-state index in [0.717, 1.165) is 36.9 Å².